The molecule has 0 aliphatic carbocycles. The van der Waals surface area contributed by atoms with Crippen LogP contribution in [-0.2, 0) is 7.05 Å². The lowest BCUT2D eigenvalue weighted by Crippen LogP contribution is -1.89. The fourth-order valence-corrected chi connectivity index (χ4v) is 1.68. The van der Waals surface area contributed by atoms with Crippen molar-refractivity contribution >= 4 is 17.3 Å². The van der Waals surface area contributed by atoms with Gasteiger partial charge in [0.15, 0.2) is 0 Å². The average molecular weight is 212 g/mol. The third kappa shape index (κ3) is 1.17. The molecule has 0 radical (unpaired) electrons. The van der Waals surface area contributed by atoms with Gasteiger partial charge in [0.05, 0.1) is 28.8 Å². The highest BCUT2D eigenvalue weighted by Gasteiger charge is 2.16. The van der Waals surface area contributed by atoms with Crippen molar-refractivity contribution in [3.63, 3.8) is 0 Å². The molecule has 5 nitrogen and oxygen atoms in total. The highest BCUT2D eigenvalue weighted by Crippen LogP contribution is 2.32. The number of H-pyrrole nitrogens is 1. The van der Waals surface area contributed by atoms with E-state index in [1.165, 1.54) is 0 Å². The monoisotopic (exact) mass is 211 g/mol. The quantitative estimate of drug-likeness (QED) is 0.748. The fraction of sp³-hybridized carbons (Fsp3) is 0.250. The summed E-state index contributed by atoms with van der Waals surface area (Å²) in [5, 5.41) is 11.4. The molecule has 0 aromatic carbocycles. The van der Waals surface area contributed by atoms with Gasteiger partial charge in [0.1, 0.15) is 5.15 Å². The smallest absolute Gasteiger partial charge is 0.136 e. The summed E-state index contributed by atoms with van der Waals surface area (Å²) in [6.45, 7) is 1.88. The van der Waals surface area contributed by atoms with Crippen molar-refractivity contribution in [3.8, 4) is 11.3 Å². The maximum atomic E-state index is 6.07. The van der Waals surface area contributed by atoms with E-state index in [1.54, 1.807) is 17.9 Å². The van der Waals surface area contributed by atoms with Crippen LogP contribution in [0.5, 0.6) is 0 Å². The summed E-state index contributed by atoms with van der Waals surface area (Å²) in [5.74, 6) is 0. The molecule has 0 unspecified atom stereocenters. The molecule has 0 aliphatic rings. The van der Waals surface area contributed by atoms with Gasteiger partial charge in [0.25, 0.3) is 0 Å². The van der Waals surface area contributed by atoms with Gasteiger partial charge in [0, 0.05) is 7.05 Å². The lowest BCUT2D eigenvalue weighted by molar-refractivity contribution is 0.757. The van der Waals surface area contributed by atoms with Gasteiger partial charge in [-0.2, -0.15) is 10.2 Å². The Morgan fingerprint density at radius 3 is 2.71 bits per heavy atom. The predicted molar refractivity (Wildman–Crippen MR) is 54.9 cm³/mol. The van der Waals surface area contributed by atoms with E-state index < -0.39 is 0 Å². The second-order valence-electron chi connectivity index (χ2n) is 3.08. The molecule has 0 saturated carbocycles. The third-order valence-electron chi connectivity index (χ3n) is 2.07. The Labute approximate surface area is 85.9 Å². The van der Waals surface area contributed by atoms with Crippen LogP contribution in [0.1, 0.15) is 5.69 Å². The van der Waals surface area contributed by atoms with Crippen molar-refractivity contribution in [1.29, 1.82) is 0 Å². The number of anilines is 1. The fourth-order valence-electron chi connectivity index (χ4n) is 1.41. The first-order valence-corrected chi connectivity index (χ1v) is 4.47. The van der Waals surface area contributed by atoms with E-state index in [0.717, 1.165) is 17.0 Å². The van der Waals surface area contributed by atoms with E-state index in [-0.39, 0.29) is 0 Å². The highest BCUT2D eigenvalue weighted by atomic mass is 35.5. The minimum absolute atomic E-state index is 0.554. The van der Waals surface area contributed by atoms with E-state index in [4.69, 9.17) is 17.3 Å². The number of nitrogen functional groups attached to an aromatic ring is 1. The van der Waals surface area contributed by atoms with Crippen LogP contribution < -0.4 is 5.73 Å². The highest BCUT2D eigenvalue weighted by molar-refractivity contribution is 6.32. The van der Waals surface area contributed by atoms with Crippen LogP contribution in [-0.4, -0.2) is 20.0 Å². The van der Waals surface area contributed by atoms with E-state index >= 15 is 0 Å². The van der Waals surface area contributed by atoms with Crippen molar-refractivity contribution in [2.45, 2.75) is 6.92 Å². The summed E-state index contributed by atoms with van der Waals surface area (Å²) in [6.07, 6.45) is 1.55. The zero-order valence-electron chi connectivity index (χ0n) is 7.87. The minimum atomic E-state index is 0.554. The second-order valence-corrected chi connectivity index (χ2v) is 3.43. The lowest BCUT2D eigenvalue weighted by Gasteiger charge is -1.97. The summed E-state index contributed by atoms with van der Waals surface area (Å²) >= 11 is 6.07. The van der Waals surface area contributed by atoms with Crippen molar-refractivity contribution in [3.05, 3.63) is 17.0 Å². The van der Waals surface area contributed by atoms with Crippen molar-refractivity contribution < 1.29 is 0 Å². The molecule has 0 saturated heterocycles. The molecular formula is C8H10ClN5. The number of nitrogens with two attached hydrogens (primary N) is 1. The molecule has 0 spiro atoms. The topological polar surface area (TPSA) is 72.5 Å². The zero-order valence-corrected chi connectivity index (χ0v) is 8.63. The standard InChI is InChI=1S/C8H10ClN5/c1-4-6(8(9)14(2)13-4)7-5(10)3-11-12-7/h3H,10H2,1-2H3,(H,11,12). The Morgan fingerprint density at radius 2 is 2.29 bits per heavy atom. The largest absolute Gasteiger partial charge is 0.396 e. The normalized spacial score (nSPS) is 10.8. The van der Waals surface area contributed by atoms with Crippen LogP contribution in [0.25, 0.3) is 11.3 Å². The molecule has 14 heavy (non-hydrogen) atoms. The molecule has 3 N–H and O–H groups in total. The van der Waals surface area contributed by atoms with E-state index in [2.05, 4.69) is 15.3 Å². The Balaban J connectivity index is 2.68. The maximum absolute atomic E-state index is 6.07. The molecule has 0 fully saturated rings. The molecule has 2 rings (SSSR count). The van der Waals surface area contributed by atoms with Crippen LogP contribution in [0, 0.1) is 6.92 Å². The molecule has 0 bridgehead atoms. The van der Waals surface area contributed by atoms with Gasteiger partial charge >= 0.3 is 0 Å². The first kappa shape index (κ1) is 9.08. The summed E-state index contributed by atoms with van der Waals surface area (Å²) in [5.41, 5.74) is 8.66. The number of aromatic nitrogens is 4. The van der Waals surface area contributed by atoms with Gasteiger partial charge in [0.2, 0.25) is 0 Å². The van der Waals surface area contributed by atoms with E-state index in [0.29, 0.717) is 10.8 Å². The first-order chi connectivity index (χ1) is 6.61. The third-order valence-corrected chi connectivity index (χ3v) is 2.50. The van der Waals surface area contributed by atoms with Crippen molar-refractivity contribution in [2.24, 2.45) is 7.05 Å². The van der Waals surface area contributed by atoms with Crippen molar-refractivity contribution in [2.75, 3.05) is 5.73 Å². The summed E-state index contributed by atoms with van der Waals surface area (Å²) in [7, 11) is 1.78. The second kappa shape index (κ2) is 3.02. The Hall–Kier alpha value is -1.49. The van der Waals surface area contributed by atoms with Crippen LogP contribution in [0.3, 0.4) is 0 Å². The molecule has 0 aliphatic heterocycles. The summed E-state index contributed by atoms with van der Waals surface area (Å²) in [6, 6.07) is 0. The average Bonchev–Trinajstić information content (AvgIpc) is 2.60. The number of hydrogen-bond acceptors (Lipinski definition) is 3. The summed E-state index contributed by atoms with van der Waals surface area (Å²) < 4.78 is 1.60. The minimum Gasteiger partial charge on any atom is -0.396 e. The van der Waals surface area contributed by atoms with Gasteiger partial charge in [-0.25, -0.2) is 0 Å². The number of aryl methyl sites for hydroxylation is 2. The molecule has 74 valence electrons. The van der Waals surface area contributed by atoms with Gasteiger partial charge < -0.3 is 5.73 Å². The number of nitrogens with one attached hydrogen (secondary N) is 1. The maximum Gasteiger partial charge on any atom is 0.136 e. The molecular weight excluding hydrogens is 202 g/mol. The molecule has 0 amide bonds. The van der Waals surface area contributed by atoms with Gasteiger partial charge in [-0.1, -0.05) is 11.6 Å². The van der Waals surface area contributed by atoms with Gasteiger partial charge in [-0.15, -0.1) is 0 Å². The van der Waals surface area contributed by atoms with Crippen LogP contribution >= 0.6 is 11.6 Å². The first-order valence-electron chi connectivity index (χ1n) is 4.09. The van der Waals surface area contributed by atoms with Gasteiger partial charge in [-0.3, -0.25) is 9.78 Å². The number of hydrogen-bond donors (Lipinski definition) is 2. The number of rotatable bonds is 1. The summed E-state index contributed by atoms with van der Waals surface area (Å²) in [4.78, 5) is 0. The van der Waals surface area contributed by atoms with Crippen LogP contribution in [0.15, 0.2) is 6.20 Å². The molecule has 2 heterocycles. The van der Waals surface area contributed by atoms with Gasteiger partial charge in [-0.05, 0) is 6.92 Å². The number of nitrogens with zero attached hydrogens (tertiary/aromatic N) is 3. The lowest BCUT2D eigenvalue weighted by atomic mass is 10.2. The number of aromatic amines is 1. The van der Waals surface area contributed by atoms with Crippen LogP contribution in [0.2, 0.25) is 5.15 Å². The number of halogens is 1. The van der Waals surface area contributed by atoms with Crippen LogP contribution in [0.4, 0.5) is 5.69 Å². The zero-order chi connectivity index (χ0) is 10.3. The van der Waals surface area contributed by atoms with Crippen molar-refractivity contribution in [1.82, 2.24) is 20.0 Å². The van der Waals surface area contributed by atoms with E-state index in [1.807, 2.05) is 6.92 Å². The predicted octanol–water partition coefficient (Wildman–Crippen LogP) is 1.35. The van der Waals surface area contributed by atoms with E-state index in [9.17, 15) is 0 Å². The SMILES string of the molecule is Cc1nn(C)c(Cl)c1-c1[nH]ncc1N. The molecule has 2 aromatic rings. The molecule has 6 heteroatoms. The Kier molecular flexibility index (Phi) is 1.96. The Bertz CT molecular complexity index is 470. The Morgan fingerprint density at radius 1 is 1.57 bits per heavy atom. The molecule has 2 aromatic heterocycles. The molecule has 0 atom stereocenters.